The summed E-state index contributed by atoms with van der Waals surface area (Å²) in [5, 5.41) is 15.6. The fraction of sp³-hybridized carbons (Fsp3) is 0.320. The Balaban J connectivity index is 1.28. The van der Waals surface area contributed by atoms with Crippen molar-refractivity contribution >= 4 is 17.2 Å². The molecule has 0 bridgehead atoms. The van der Waals surface area contributed by atoms with Gasteiger partial charge in [-0.1, -0.05) is 18.6 Å². The van der Waals surface area contributed by atoms with Crippen LogP contribution in [0.25, 0.3) is 11.3 Å². The van der Waals surface area contributed by atoms with E-state index in [9.17, 15) is 14.9 Å². The molecule has 1 aliphatic carbocycles. The lowest BCUT2D eigenvalue weighted by molar-refractivity contribution is 0.0945. The number of rotatable bonds is 8. The first-order valence-electron chi connectivity index (χ1n) is 11.5. The number of fused-ring (bicyclic) bond motifs is 2. The Hall–Kier alpha value is -4.03. The van der Waals surface area contributed by atoms with Gasteiger partial charge in [-0.2, -0.15) is 5.26 Å². The van der Waals surface area contributed by atoms with Gasteiger partial charge in [0.25, 0.3) is 11.5 Å². The number of hydrogen-bond acceptors (Lipinski definition) is 6. The van der Waals surface area contributed by atoms with E-state index in [0.29, 0.717) is 23.7 Å². The van der Waals surface area contributed by atoms with Crippen LogP contribution in [-0.4, -0.2) is 31.2 Å². The number of imidazole rings is 1. The highest BCUT2D eigenvalue weighted by molar-refractivity contribution is 5.92. The number of pyridine rings is 2. The molecule has 1 amide bonds. The molecule has 9 nitrogen and oxygen atoms in total. The van der Waals surface area contributed by atoms with Gasteiger partial charge in [0.15, 0.2) is 0 Å². The van der Waals surface area contributed by atoms with Gasteiger partial charge in [-0.25, -0.2) is 9.97 Å². The molecule has 0 saturated heterocycles. The maximum atomic E-state index is 12.6. The minimum Gasteiger partial charge on any atom is -0.345 e. The highest BCUT2D eigenvalue weighted by atomic mass is 16.2. The summed E-state index contributed by atoms with van der Waals surface area (Å²) in [5.74, 6) is 0.275. The molecular formula is C25H25N7O2. The van der Waals surface area contributed by atoms with E-state index in [4.69, 9.17) is 0 Å². The van der Waals surface area contributed by atoms with Gasteiger partial charge in [0.05, 0.1) is 24.7 Å². The Morgan fingerprint density at radius 1 is 1.18 bits per heavy atom. The van der Waals surface area contributed by atoms with Crippen LogP contribution in [0, 0.1) is 17.2 Å². The van der Waals surface area contributed by atoms with Crippen LogP contribution >= 0.6 is 0 Å². The van der Waals surface area contributed by atoms with Crippen molar-refractivity contribution in [3.8, 4) is 6.07 Å². The number of carbonyl (C=O) groups excluding carboxylic acids is 1. The molecule has 0 aromatic carbocycles. The van der Waals surface area contributed by atoms with Crippen molar-refractivity contribution in [2.75, 3.05) is 6.54 Å². The van der Waals surface area contributed by atoms with Crippen LogP contribution in [0.5, 0.6) is 0 Å². The van der Waals surface area contributed by atoms with Gasteiger partial charge in [-0.3, -0.25) is 14.0 Å². The van der Waals surface area contributed by atoms with Crippen LogP contribution in [0.4, 0.5) is 0 Å². The fourth-order valence-electron chi connectivity index (χ4n) is 4.19. The first-order valence-corrected chi connectivity index (χ1v) is 11.5. The van der Waals surface area contributed by atoms with Crippen molar-refractivity contribution in [1.29, 1.82) is 5.26 Å². The Morgan fingerprint density at radius 3 is 2.85 bits per heavy atom. The van der Waals surface area contributed by atoms with E-state index >= 15 is 0 Å². The molecule has 1 atom stereocenters. The molecule has 5 rings (SSSR count). The average Bonchev–Trinajstić information content (AvgIpc) is 3.23. The fourth-order valence-corrected chi connectivity index (χ4v) is 4.19. The zero-order chi connectivity index (χ0) is 23.5. The lowest BCUT2D eigenvalue weighted by Gasteiger charge is -2.28. The number of aromatic nitrogens is 4. The number of amides is 1. The maximum Gasteiger partial charge on any atom is 0.270 e. The zero-order valence-corrected chi connectivity index (χ0v) is 18.6. The van der Waals surface area contributed by atoms with E-state index < -0.39 is 5.91 Å². The molecule has 1 saturated carbocycles. The molecule has 4 aromatic heterocycles. The van der Waals surface area contributed by atoms with Gasteiger partial charge in [-0.05, 0) is 49.1 Å². The molecule has 4 aromatic rings. The van der Waals surface area contributed by atoms with Crippen LogP contribution in [0.3, 0.4) is 0 Å². The van der Waals surface area contributed by atoms with Crippen LogP contribution in [0.2, 0.25) is 0 Å². The zero-order valence-electron chi connectivity index (χ0n) is 18.6. The first kappa shape index (κ1) is 21.8. The highest BCUT2D eigenvalue weighted by Crippen LogP contribution is 2.27. The molecular weight excluding hydrogens is 430 g/mol. The van der Waals surface area contributed by atoms with Crippen molar-refractivity contribution in [1.82, 2.24) is 29.4 Å². The number of carbonyl (C=O) groups is 1. The smallest absolute Gasteiger partial charge is 0.270 e. The van der Waals surface area contributed by atoms with E-state index in [0.717, 1.165) is 17.8 Å². The summed E-state index contributed by atoms with van der Waals surface area (Å²) in [4.78, 5) is 33.7. The van der Waals surface area contributed by atoms with Crippen LogP contribution < -0.4 is 16.2 Å². The average molecular weight is 456 g/mol. The second-order valence-electron chi connectivity index (χ2n) is 8.67. The van der Waals surface area contributed by atoms with E-state index in [2.05, 4.69) is 26.7 Å². The largest absolute Gasteiger partial charge is 0.345 e. The SMILES string of the molecule is N#CCC(NCC1CCC1)c1ccc2nc(CNC(=O)c3cc(=O)n4ccccc4n3)cn2c1. The predicted molar refractivity (Wildman–Crippen MR) is 126 cm³/mol. The summed E-state index contributed by atoms with van der Waals surface area (Å²) in [7, 11) is 0. The first-order chi connectivity index (χ1) is 16.6. The van der Waals surface area contributed by atoms with Crippen molar-refractivity contribution in [3.63, 3.8) is 0 Å². The lowest BCUT2D eigenvalue weighted by Crippen LogP contribution is -2.30. The molecule has 0 radical (unpaired) electrons. The monoisotopic (exact) mass is 455 g/mol. The second kappa shape index (κ2) is 9.45. The van der Waals surface area contributed by atoms with Crippen molar-refractivity contribution in [2.24, 2.45) is 5.92 Å². The molecule has 1 unspecified atom stereocenters. The molecule has 4 heterocycles. The molecule has 1 fully saturated rings. The van der Waals surface area contributed by atoms with Crippen LogP contribution in [-0.2, 0) is 6.54 Å². The summed E-state index contributed by atoms with van der Waals surface area (Å²) in [5.41, 5.74) is 2.64. The normalized spacial score (nSPS) is 14.6. The topological polar surface area (TPSA) is 117 Å². The van der Waals surface area contributed by atoms with Gasteiger partial charge in [0.2, 0.25) is 0 Å². The maximum absolute atomic E-state index is 12.6. The number of nitriles is 1. The van der Waals surface area contributed by atoms with Gasteiger partial charge < -0.3 is 15.0 Å². The molecule has 0 aliphatic heterocycles. The molecule has 1 aliphatic rings. The van der Waals surface area contributed by atoms with Gasteiger partial charge in [-0.15, -0.1) is 0 Å². The molecule has 9 heteroatoms. The summed E-state index contributed by atoms with van der Waals surface area (Å²) in [6.07, 6.45) is 9.66. The quantitative estimate of drug-likeness (QED) is 0.422. The highest BCUT2D eigenvalue weighted by Gasteiger charge is 2.20. The van der Waals surface area contributed by atoms with Crippen molar-refractivity contribution in [2.45, 2.75) is 38.3 Å². The van der Waals surface area contributed by atoms with Gasteiger partial charge in [0, 0.05) is 30.7 Å². The minimum atomic E-state index is -0.435. The molecule has 0 spiro atoms. The molecule has 172 valence electrons. The van der Waals surface area contributed by atoms with Crippen molar-refractivity contribution in [3.05, 3.63) is 82.3 Å². The number of hydrogen-bond donors (Lipinski definition) is 2. The molecule has 2 N–H and O–H groups in total. The number of nitrogens with one attached hydrogen (secondary N) is 2. The Labute approximate surface area is 196 Å². The third-order valence-corrected chi connectivity index (χ3v) is 6.33. The summed E-state index contributed by atoms with van der Waals surface area (Å²) in [6.45, 7) is 1.13. The lowest BCUT2D eigenvalue weighted by atomic mass is 9.85. The van der Waals surface area contributed by atoms with Crippen LogP contribution in [0.1, 0.15) is 53.5 Å². The summed E-state index contributed by atoms with van der Waals surface area (Å²) in [6, 6.07) is 12.6. The van der Waals surface area contributed by atoms with Gasteiger partial charge in [0.1, 0.15) is 17.0 Å². The Morgan fingerprint density at radius 2 is 2.06 bits per heavy atom. The van der Waals surface area contributed by atoms with E-state index in [1.165, 1.54) is 29.7 Å². The predicted octanol–water partition coefficient (Wildman–Crippen LogP) is 2.62. The molecule has 34 heavy (non-hydrogen) atoms. The van der Waals surface area contributed by atoms with Gasteiger partial charge >= 0.3 is 0 Å². The Kier molecular flexibility index (Phi) is 6.06. The third-order valence-electron chi connectivity index (χ3n) is 6.33. The van der Waals surface area contributed by atoms with E-state index in [1.807, 2.05) is 28.9 Å². The summed E-state index contributed by atoms with van der Waals surface area (Å²) >= 11 is 0. The van der Waals surface area contributed by atoms with Crippen LogP contribution in [0.15, 0.2) is 59.8 Å². The van der Waals surface area contributed by atoms with E-state index in [1.54, 1.807) is 24.4 Å². The van der Waals surface area contributed by atoms with Crippen molar-refractivity contribution < 1.29 is 4.79 Å². The minimum absolute atomic E-state index is 0.0290. The third kappa shape index (κ3) is 4.54. The second-order valence-corrected chi connectivity index (χ2v) is 8.67. The summed E-state index contributed by atoms with van der Waals surface area (Å²) < 4.78 is 3.30. The Bertz CT molecular complexity index is 1450. The van der Waals surface area contributed by atoms with E-state index in [-0.39, 0.29) is 23.8 Å². The number of nitrogens with zero attached hydrogens (tertiary/aromatic N) is 5. The standard InChI is InChI=1S/C25H25N7O2/c26-10-9-20(27-13-17-4-3-5-17)18-7-8-22-29-19(16-31(22)15-18)14-28-25(34)21-12-24(33)32-11-2-1-6-23(32)30-21/h1-2,6-8,11-12,15-17,20,27H,3-5,9,13-14H2,(H,28,34).